The number of aromatic nitrogens is 3. The number of carbonyl (C=O) groups excluding carboxylic acids is 1. The number of hydrogen-bond acceptors (Lipinski definition) is 11. The summed E-state index contributed by atoms with van der Waals surface area (Å²) >= 11 is 0. The molecule has 0 spiro atoms. The molecule has 2 unspecified atom stereocenters. The number of fused-ring (bicyclic) bond motifs is 3. The number of phosphoric ester groups is 1. The van der Waals surface area contributed by atoms with Gasteiger partial charge >= 0.3 is 7.82 Å². The SMILES string of the molecule is CCCCCCCCCCCCCCCCCCOC[C@H](COP(=O)(O)OC1[C@H]2O[C@@](C)(c3ccc4c(N)ncnn34)[C@H](O)[C@@]12O)N1Cc2ccccc2C1=O. The Bertz CT molecular complexity index is 1790. The van der Waals surface area contributed by atoms with E-state index >= 15 is 0 Å². The van der Waals surface area contributed by atoms with Crippen LogP contribution < -0.4 is 5.73 Å². The summed E-state index contributed by atoms with van der Waals surface area (Å²) in [6, 6.07) is 9.97. The normalized spacial score (nSPS) is 25.8. The van der Waals surface area contributed by atoms with Gasteiger partial charge < -0.3 is 35.2 Å². The zero-order valence-electron chi connectivity index (χ0n) is 33.1. The highest BCUT2D eigenvalue weighted by molar-refractivity contribution is 7.47. The molecule has 1 saturated heterocycles. The predicted molar refractivity (Wildman–Crippen MR) is 212 cm³/mol. The van der Waals surface area contributed by atoms with Gasteiger partial charge in [-0.05, 0) is 37.1 Å². The van der Waals surface area contributed by atoms with E-state index in [4.69, 9.17) is 24.3 Å². The van der Waals surface area contributed by atoms with Gasteiger partial charge in [-0.2, -0.15) is 5.10 Å². The minimum atomic E-state index is -4.81. The van der Waals surface area contributed by atoms with Gasteiger partial charge in [-0.1, -0.05) is 121 Å². The maximum absolute atomic E-state index is 13.4. The molecular formula is C41H62N5O9P. The molecule has 1 aromatic carbocycles. The minimum Gasteiger partial charge on any atom is -0.386 e. The lowest BCUT2D eigenvalue weighted by Crippen LogP contribution is -2.46. The molecule has 2 aliphatic heterocycles. The van der Waals surface area contributed by atoms with Gasteiger partial charge in [-0.15, -0.1) is 0 Å². The summed E-state index contributed by atoms with van der Waals surface area (Å²) in [7, 11) is -4.81. The Balaban J connectivity index is 0.924. The topological polar surface area (TPSA) is 191 Å². The number of benzene rings is 1. The quantitative estimate of drug-likeness (QED) is 0.0490. The number of carbonyl (C=O) groups is 1. The highest BCUT2D eigenvalue weighted by Gasteiger charge is 2.82. The van der Waals surface area contributed by atoms with E-state index < -0.39 is 43.4 Å². The van der Waals surface area contributed by atoms with E-state index in [-0.39, 0.29) is 24.9 Å². The van der Waals surface area contributed by atoms with Crippen LogP contribution >= 0.6 is 7.82 Å². The minimum absolute atomic E-state index is 0.105. The number of phosphoric acid groups is 1. The van der Waals surface area contributed by atoms with Crippen LogP contribution in [0.4, 0.5) is 5.82 Å². The summed E-state index contributed by atoms with van der Waals surface area (Å²) in [5.74, 6) is 0.0231. The van der Waals surface area contributed by atoms with Crippen molar-refractivity contribution >= 4 is 25.1 Å². The van der Waals surface area contributed by atoms with Crippen LogP contribution in [0.15, 0.2) is 42.7 Å². The van der Waals surface area contributed by atoms with Crippen LogP contribution in [-0.2, 0) is 35.2 Å². The van der Waals surface area contributed by atoms with E-state index in [9.17, 15) is 24.5 Å². The van der Waals surface area contributed by atoms with Crippen molar-refractivity contribution in [1.29, 1.82) is 0 Å². The first kappa shape index (κ1) is 42.7. The lowest BCUT2D eigenvalue weighted by Gasteiger charge is -2.32. The first-order valence-corrected chi connectivity index (χ1v) is 22.3. The van der Waals surface area contributed by atoms with Crippen LogP contribution in [0.1, 0.15) is 138 Å². The van der Waals surface area contributed by atoms with Gasteiger partial charge in [0.15, 0.2) is 11.4 Å². The molecule has 3 aromatic rings. The molecule has 2 fully saturated rings. The lowest BCUT2D eigenvalue weighted by atomic mass is 9.91. The van der Waals surface area contributed by atoms with E-state index in [0.717, 1.165) is 24.8 Å². The Morgan fingerprint density at radius 3 is 2.18 bits per heavy atom. The monoisotopic (exact) mass is 799 g/mol. The first-order chi connectivity index (χ1) is 27.0. The van der Waals surface area contributed by atoms with Crippen LogP contribution in [0.3, 0.4) is 0 Å². The second-order valence-corrected chi connectivity index (χ2v) is 17.4. The molecule has 1 saturated carbocycles. The molecule has 5 N–H and O–H groups in total. The molecule has 3 aliphatic rings. The summed E-state index contributed by atoms with van der Waals surface area (Å²) < 4.78 is 37.7. The summed E-state index contributed by atoms with van der Waals surface area (Å²) in [6.45, 7) is 4.42. The Labute approximate surface area is 330 Å². The van der Waals surface area contributed by atoms with E-state index in [1.54, 1.807) is 36.1 Å². The number of nitrogens with two attached hydrogens (primary N) is 1. The number of aliphatic hydroxyl groups excluding tert-OH is 1. The third-order valence-electron chi connectivity index (χ3n) is 11.8. The summed E-state index contributed by atoms with van der Waals surface area (Å²) in [4.78, 5) is 29.7. The van der Waals surface area contributed by atoms with Gasteiger partial charge in [0.25, 0.3) is 5.91 Å². The van der Waals surface area contributed by atoms with Gasteiger partial charge in [0.2, 0.25) is 0 Å². The number of nitrogen functional groups attached to an aromatic ring is 1. The fourth-order valence-corrected chi connectivity index (χ4v) is 9.35. The molecule has 1 aliphatic carbocycles. The van der Waals surface area contributed by atoms with Crippen molar-refractivity contribution < 1.29 is 43.0 Å². The number of ether oxygens (including phenoxy) is 2. The average molecular weight is 800 g/mol. The molecule has 310 valence electrons. The smallest absolute Gasteiger partial charge is 0.386 e. The Morgan fingerprint density at radius 2 is 1.57 bits per heavy atom. The molecule has 14 nitrogen and oxygen atoms in total. The zero-order chi connectivity index (χ0) is 39.8. The maximum Gasteiger partial charge on any atom is 0.472 e. The van der Waals surface area contributed by atoms with Crippen molar-refractivity contribution in [2.45, 2.75) is 159 Å². The van der Waals surface area contributed by atoms with Gasteiger partial charge in [0.05, 0.1) is 24.9 Å². The van der Waals surface area contributed by atoms with Crippen molar-refractivity contribution in [2.24, 2.45) is 0 Å². The second kappa shape index (κ2) is 19.2. The summed E-state index contributed by atoms with van der Waals surface area (Å²) in [6.07, 6.45) is 17.7. The standard InChI is InChI=1S/C41H62N5O9P/c1-3-4-5-6-7-8-9-10-11-12-13-14-15-16-17-20-25-52-27-31(45-26-30-21-18-19-22-32(30)38(45)47)28-53-56(50,51)55-36-35-41(36,49)39(48)40(2,54-35)34-24-23-33-37(42)43-29-44-46(33)34/h18-19,21-24,29,31,35-36,39,48-49H,3-17,20,25-28H2,1-2H3,(H,50,51)(H2,42,43,44)/t31-,35-,36?,39+,40+,41+/m1/s1. The molecule has 56 heavy (non-hydrogen) atoms. The summed E-state index contributed by atoms with van der Waals surface area (Å²) in [5.41, 5.74) is 4.88. The zero-order valence-corrected chi connectivity index (χ0v) is 34.0. The fourth-order valence-electron chi connectivity index (χ4n) is 8.36. The number of anilines is 1. The number of aliphatic hydroxyl groups is 2. The van der Waals surface area contributed by atoms with Gasteiger partial charge in [0, 0.05) is 18.7 Å². The highest BCUT2D eigenvalue weighted by atomic mass is 31.2. The van der Waals surface area contributed by atoms with Crippen LogP contribution in [0.25, 0.3) is 5.52 Å². The summed E-state index contributed by atoms with van der Waals surface area (Å²) in [5, 5.41) is 26.9. The van der Waals surface area contributed by atoms with E-state index in [2.05, 4.69) is 17.0 Å². The van der Waals surface area contributed by atoms with E-state index in [1.807, 2.05) is 12.1 Å². The van der Waals surface area contributed by atoms with Crippen molar-refractivity contribution in [1.82, 2.24) is 19.5 Å². The molecular weight excluding hydrogens is 737 g/mol. The second-order valence-electron chi connectivity index (χ2n) is 16.0. The van der Waals surface area contributed by atoms with Gasteiger partial charge in [0.1, 0.15) is 35.8 Å². The molecule has 0 bridgehead atoms. The van der Waals surface area contributed by atoms with Crippen molar-refractivity contribution in [3.63, 3.8) is 0 Å². The lowest BCUT2D eigenvalue weighted by molar-refractivity contribution is -0.126. The number of amides is 1. The number of unbranched alkanes of at least 4 members (excludes halogenated alkanes) is 15. The third kappa shape index (κ3) is 9.67. The molecule has 0 radical (unpaired) electrons. The van der Waals surface area contributed by atoms with Crippen LogP contribution in [0.5, 0.6) is 0 Å². The average Bonchev–Trinajstić information content (AvgIpc) is 3.52. The van der Waals surface area contributed by atoms with Gasteiger partial charge in [-0.3, -0.25) is 13.8 Å². The molecule has 1 amide bonds. The van der Waals surface area contributed by atoms with Crippen LogP contribution in [0.2, 0.25) is 0 Å². The number of hydrogen-bond donors (Lipinski definition) is 4. The van der Waals surface area contributed by atoms with Crippen molar-refractivity contribution in [3.05, 3.63) is 59.5 Å². The Morgan fingerprint density at radius 1 is 0.946 bits per heavy atom. The van der Waals surface area contributed by atoms with Crippen molar-refractivity contribution in [3.8, 4) is 0 Å². The van der Waals surface area contributed by atoms with E-state index in [1.165, 1.54) is 94.3 Å². The Hall–Kier alpha value is -2.94. The number of nitrogens with zero attached hydrogens (tertiary/aromatic N) is 4. The maximum atomic E-state index is 13.4. The predicted octanol–water partition coefficient (Wildman–Crippen LogP) is 6.84. The third-order valence-corrected chi connectivity index (χ3v) is 12.8. The Kier molecular flexibility index (Phi) is 14.6. The van der Waals surface area contributed by atoms with Crippen molar-refractivity contribution in [2.75, 3.05) is 25.6 Å². The molecule has 6 rings (SSSR count). The molecule has 7 atom stereocenters. The molecule has 2 aromatic heterocycles. The van der Waals surface area contributed by atoms with Crippen LogP contribution in [0, 0.1) is 0 Å². The van der Waals surface area contributed by atoms with E-state index in [0.29, 0.717) is 29.9 Å². The van der Waals surface area contributed by atoms with Crippen LogP contribution in [-0.4, -0.2) is 90.3 Å². The highest BCUT2D eigenvalue weighted by Crippen LogP contribution is 2.63. The molecule has 15 heteroatoms. The van der Waals surface area contributed by atoms with Gasteiger partial charge in [-0.25, -0.2) is 14.1 Å². The number of rotatable bonds is 26. The fraction of sp³-hybridized carbons (Fsp3) is 0.683. The largest absolute Gasteiger partial charge is 0.472 e. The first-order valence-electron chi connectivity index (χ1n) is 20.8. The molecule has 4 heterocycles.